The van der Waals surface area contributed by atoms with Gasteiger partial charge in [0.25, 0.3) is 0 Å². The highest BCUT2D eigenvalue weighted by Crippen LogP contribution is 2.34. The van der Waals surface area contributed by atoms with E-state index in [0.29, 0.717) is 19.1 Å². The first-order valence-corrected chi connectivity index (χ1v) is 10.6. The number of carbonyl (C=O) groups excluding carboxylic acids is 1. The summed E-state index contributed by atoms with van der Waals surface area (Å²) < 4.78 is 5.29. The van der Waals surface area contributed by atoms with Gasteiger partial charge in [0, 0.05) is 24.5 Å². The van der Waals surface area contributed by atoms with E-state index in [4.69, 9.17) is 4.74 Å². The van der Waals surface area contributed by atoms with Crippen molar-refractivity contribution in [3.8, 4) is 5.75 Å². The van der Waals surface area contributed by atoms with E-state index in [2.05, 4.69) is 46.7 Å². The average molecular weight is 395 g/mol. The molecule has 0 unspecified atom stereocenters. The van der Waals surface area contributed by atoms with Crippen molar-refractivity contribution in [1.82, 2.24) is 9.80 Å². The maximum atomic E-state index is 12.8. The van der Waals surface area contributed by atoms with Gasteiger partial charge in [-0.05, 0) is 65.4 Å². The Morgan fingerprint density at radius 2 is 2.04 bits per heavy atom. The molecular weight excluding hydrogens is 368 g/mol. The lowest BCUT2D eigenvalue weighted by Gasteiger charge is -2.26. The van der Waals surface area contributed by atoms with E-state index < -0.39 is 0 Å². The Labute approximate surface area is 170 Å². The Morgan fingerprint density at radius 1 is 1.21 bits per heavy atom. The normalized spacial score (nSPS) is 17.1. The molecule has 1 saturated heterocycles. The molecule has 0 bridgehead atoms. The molecule has 1 aromatic heterocycles. The second-order valence-electron chi connectivity index (χ2n) is 7.44. The molecule has 28 heavy (non-hydrogen) atoms. The van der Waals surface area contributed by atoms with Crippen molar-refractivity contribution in [2.45, 2.75) is 25.4 Å². The van der Waals surface area contributed by atoms with Crippen LogP contribution in [0.2, 0.25) is 0 Å². The van der Waals surface area contributed by atoms with E-state index in [-0.39, 0.29) is 5.91 Å². The van der Waals surface area contributed by atoms with Crippen LogP contribution in [0.25, 0.3) is 10.8 Å². The summed E-state index contributed by atoms with van der Waals surface area (Å²) in [5.74, 6) is 1.04. The highest BCUT2D eigenvalue weighted by Gasteiger charge is 2.28. The topological polar surface area (TPSA) is 32.8 Å². The van der Waals surface area contributed by atoms with Gasteiger partial charge in [-0.25, -0.2) is 0 Å². The van der Waals surface area contributed by atoms with Crippen molar-refractivity contribution in [1.29, 1.82) is 0 Å². The maximum Gasteiger partial charge on any atom is 0.236 e. The summed E-state index contributed by atoms with van der Waals surface area (Å²) in [6, 6.07) is 17.1. The minimum absolute atomic E-state index is 0.179. The summed E-state index contributed by atoms with van der Waals surface area (Å²) in [5, 5.41) is 4.43. The van der Waals surface area contributed by atoms with Crippen LogP contribution in [-0.2, 0) is 11.3 Å². The standard InChI is InChI=1S/C23H26N2O2S/c1-24(15-17-7-8-19-14-20(27-2)10-9-18(19)13-17)23(26)16-25-11-3-5-21(25)22-6-4-12-28-22/h4,6-10,12-14,21H,3,5,11,15-16H2,1-2H3/t21-/m1/s1. The Morgan fingerprint density at radius 3 is 2.82 bits per heavy atom. The minimum atomic E-state index is 0.179. The van der Waals surface area contributed by atoms with Gasteiger partial charge in [0.2, 0.25) is 5.91 Å². The zero-order chi connectivity index (χ0) is 19.5. The van der Waals surface area contributed by atoms with Crippen molar-refractivity contribution in [2.24, 2.45) is 0 Å². The Kier molecular flexibility index (Phi) is 5.64. The minimum Gasteiger partial charge on any atom is -0.497 e. The van der Waals surface area contributed by atoms with Crippen LogP contribution in [0.1, 0.15) is 29.3 Å². The van der Waals surface area contributed by atoms with Crippen LogP contribution in [0.5, 0.6) is 5.75 Å². The van der Waals surface area contributed by atoms with Gasteiger partial charge >= 0.3 is 0 Å². The predicted octanol–water partition coefficient (Wildman–Crippen LogP) is 4.71. The number of amides is 1. The molecule has 4 nitrogen and oxygen atoms in total. The molecule has 2 heterocycles. The van der Waals surface area contributed by atoms with Crippen molar-refractivity contribution < 1.29 is 9.53 Å². The third-order valence-electron chi connectivity index (χ3n) is 5.53. The molecule has 1 amide bonds. The number of likely N-dealkylation sites (N-methyl/N-ethyl adjacent to an activating group) is 1. The molecule has 4 rings (SSSR count). The number of carbonyl (C=O) groups is 1. The lowest BCUT2D eigenvalue weighted by molar-refractivity contribution is -0.131. The second-order valence-corrected chi connectivity index (χ2v) is 8.42. The molecule has 0 radical (unpaired) electrons. The summed E-state index contributed by atoms with van der Waals surface area (Å²) >= 11 is 1.79. The van der Waals surface area contributed by atoms with E-state index >= 15 is 0 Å². The lowest BCUT2D eigenvalue weighted by atomic mass is 10.1. The van der Waals surface area contributed by atoms with Crippen LogP contribution in [0.4, 0.5) is 0 Å². The molecule has 0 N–H and O–H groups in total. The summed E-state index contributed by atoms with van der Waals surface area (Å²) in [6.45, 7) is 2.11. The highest BCUT2D eigenvalue weighted by molar-refractivity contribution is 7.10. The van der Waals surface area contributed by atoms with Crippen LogP contribution in [0.15, 0.2) is 53.9 Å². The summed E-state index contributed by atoms with van der Waals surface area (Å²) in [4.78, 5) is 18.4. The van der Waals surface area contributed by atoms with Crippen molar-refractivity contribution in [3.05, 3.63) is 64.4 Å². The molecular formula is C23H26N2O2S. The van der Waals surface area contributed by atoms with Crippen LogP contribution in [0.3, 0.4) is 0 Å². The third kappa shape index (κ3) is 4.05. The van der Waals surface area contributed by atoms with Crippen LogP contribution < -0.4 is 4.74 Å². The first kappa shape index (κ1) is 19.0. The molecule has 1 aliphatic heterocycles. The largest absolute Gasteiger partial charge is 0.497 e. The number of thiophene rings is 1. The van der Waals surface area contributed by atoms with E-state index in [1.165, 1.54) is 4.88 Å². The molecule has 0 saturated carbocycles. The number of hydrogen-bond donors (Lipinski definition) is 0. The number of hydrogen-bond acceptors (Lipinski definition) is 4. The van der Waals surface area contributed by atoms with Gasteiger partial charge in [-0.15, -0.1) is 11.3 Å². The number of methoxy groups -OCH3 is 1. The molecule has 0 aliphatic carbocycles. The number of rotatable bonds is 6. The summed E-state index contributed by atoms with van der Waals surface area (Å²) in [7, 11) is 3.58. The Bertz CT molecular complexity index is 954. The predicted molar refractivity (Wildman–Crippen MR) is 115 cm³/mol. The molecule has 0 spiro atoms. The van der Waals surface area contributed by atoms with Gasteiger partial charge in [0.05, 0.1) is 13.7 Å². The van der Waals surface area contributed by atoms with Crippen molar-refractivity contribution in [2.75, 3.05) is 27.2 Å². The van der Waals surface area contributed by atoms with Crippen LogP contribution >= 0.6 is 11.3 Å². The smallest absolute Gasteiger partial charge is 0.236 e. The third-order valence-corrected chi connectivity index (χ3v) is 6.50. The van der Waals surface area contributed by atoms with E-state index in [1.54, 1.807) is 18.4 Å². The van der Waals surface area contributed by atoms with Gasteiger partial charge in [0.15, 0.2) is 0 Å². The first-order chi connectivity index (χ1) is 13.6. The van der Waals surface area contributed by atoms with E-state index in [9.17, 15) is 4.79 Å². The fraction of sp³-hybridized carbons (Fsp3) is 0.348. The zero-order valence-electron chi connectivity index (χ0n) is 16.4. The number of benzene rings is 2. The van der Waals surface area contributed by atoms with Gasteiger partial charge in [-0.3, -0.25) is 9.69 Å². The number of fused-ring (bicyclic) bond motifs is 1. The SMILES string of the molecule is COc1ccc2cc(CN(C)C(=O)CN3CCC[C@@H]3c3cccs3)ccc2c1. The van der Waals surface area contributed by atoms with Gasteiger partial charge in [0.1, 0.15) is 5.75 Å². The zero-order valence-corrected chi connectivity index (χ0v) is 17.2. The monoisotopic (exact) mass is 394 g/mol. The second kappa shape index (κ2) is 8.33. The van der Waals surface area contributed by atoms with Crippen molar-refractivity contribution >= 4 is 28.0 Å². The average Bonchev–Trinajstić information content (AvgIpc) is 3.39. The van der Waals surface area contributed by atoms with Crippen molar-refractivity contribution in [3.63, 3.8) is 0 Å². The maximum absolute atomic E-state index is 12.8. The van der Waals surface area contributed by atoms with E-state index in [0.717, 1.165) is 41.5 Å². The molecule has 146 valence electrons. The lowest BCUT2D eigenvalue weighted by Crippen LogP contribution is -2.37. The number of ether oxygens (including phenoxy) is 1. The summed E-state index contributed by atoms with van der Waals surface area (Å²) in [5.41, 5.74) is 1.14. The fourth-order valence-electron chi connectivity index (χ4n) is 3.97. The first-order valence-electron chi connectivity index (χ1n) is 9.72. The highest BCUT2D eigenvalue weighted by atomic mass is 32.1. The van der Waals surface area contributed by atoms with Gasteiger partial charge < -0.3 is 9.64 Å². The van der Waals surface area contributed by atoms with Gasteiger partial charge in [-0.1, -0.05) is 24.3 Å². The molecule has 5 heteroatoms. The molecule has 2 aromatic carbocycles. The molecule has 1 atom stereocenters. The Hall–Kier alpha value is -2.37. The number of likely N-dealkylation sites (tertiary alicyclic amines) is 1. The van der Waals surface area contributed by atoms with E-state index in [1.807, 2.05) is 24.1 Å². The fourth-order valence-corrected chi connectivity index (χ4v) is 4.87. The van der Waals surface area contributed by atoms with Gasteiger partial charge in [-0.2, -0.15) is 0 Å². The molecule has 1 fully saturated rings. The molecule has 1 aliphatic rings. The van der Waals surface area contributed by atoms with Crippen LogP contribution in [0, 0.1) is 0 Å². The molecule has 3 aromatic rings. The van der Waals surface area contributed by atoms with Crippen LogP contribution in [-0.4, -0.2) is 43.0 Å². The quantitative estimate of drug-likeness (QED) is 0.607. The summed E-state index contributed by atoms with van der Waals surface area (Å²) in [6.07, 6.45) is 2.30. The Balaban J connectivity index is 1.41. The number of nitrogens with zero attached hydrogens (tertiary/aromatic N) is 2.